The molecule has 2 N–H and O–H groups in total. The average molecular weight is 274 g/mol. The molecule has 2 unspecified atom stereocenters. The van der Waals surface area contributed by atoms with Gasteiger partial charge in [-0.15, -0.1) is 0 Å². The largest absolute Gasteiger partial charge is 0.493 e. The van der Waals surface area contributed by atoms with Crippen LogP contribution >= 0.6 is 0 Å². The van der Waals surface area contributed by atoms with Gasteiger partial charge in [0, 0.05) is 18.4 Å². The molecule has 1 amide bonds. The maximum absolute atomic E-state index is 12.1. The van der Waals surface area contributed by atoms with Crippen LogP contribution in [0.2, 0.25) is 0 Å². The number of hydrogen-bond donors (Lipinski definition) is 2. The van der Waals surface area contributed by atoms with Crippen molar-refractivity contribution in [3.63, 3.8) is 0 Å². The minimum atomic E-state index is 0.106. The Balaban J connectivity index is 1.54. The van der Waals surface area contributed by atoms with E-state index in [0.29, 0.717) is 18.9 Å². The third-order valence-corrected chi connectivity index (χ3v) is 4.24. The zero-order chi connectivity index (χ0) is 13.8. The van der Waals surface area contributed by atoms with Gasteiger partial charge in [-0.3, -0.25) is 4.79 Å². The maximum Gasteiger partial charge on any atom is 0.220 e. The molecule has 1 fully saturated rings. The van der Waals surface area contributed by atoms with Crippen LogP contribution in [0.15, 0.2) is 24.3 Å². The molecule has 0 aliphatic carbocycles. The van der Waals surface area contributed by atoms with Gasteiger partial charge in [-0.25, -0.2) is 0 Å². The molecule has 2 atom stereocenters. The van der Waals surface area contributed by atoms with E-state index in [-0.39, 0.29) is 11.9 Å². The van der Waals surface area contributed by atoms with Crippen LogP contribution in [-0.4, -0.2) is 25.6 Å². The van der Waals surface area contributed by atoms with Crippen LogP contribution < -0.4 is 15.4 Å². The van der Waals surface area contributed by atoms with Crippen molar-refractivity contribution >= 4 is 5.91 Å². The number of ether oxygens (including phenoxy) is 1. The number of fused-ring (bicyclic) bond motifs is 1. The first-order chi connectivity index (χ1) is 9.83. The summed E-state index contributed by atoms with van der Waals surface area (Å²) in [5.41, 5.74) is 1.11. The van der Waals surface area contributed by atoms with E-state index in [9.17, 15) is 4.79 Å². The molecule has 1 saturated heterocycles. The van der Waals surface area contributed by atoms with E-state index >= 15 is 0 Å². The van der Waals surface area contributed by atoms with Gasteiger partial charge in [0.2, 0.25) is 5.91 Å². The predicted octanol–water partition coefficient (Wildman–Crippen LogP) is 2.02. The number of amides is 1. The zero-order valence-corrected chi connectivity index (χ0v) is 11.7. The van der Waals surface area contributed by atoms with Gasteiger partial charge in [-0.2, -0.15) is 0 Å². The maximum atomic E-state index is 12.1. The first-order valence-electron chi connectivity index (χ1n) is 7.55. The van der Waals surface area contributed by atoms with Gasteiger partial charge < -0.3 is 15.4 Å². The topological polar surface area (TPSA) is 50.4 Å². The first-order valence-corrected chi connectivity index (χ1v) is 7.55. The zero-order valence-electron chi connectivity index (χ0n) is 11.7. The van der Waals surface area contributed by atoms with Gasteiger partial charge in [0.1, 0.15) is 5.75 Å². The number of para-hydroxylation sites is 1. The minimum Gasteiger partial charge on any atom is -0.493 e. The van der Waals surface area contributed by atoms with E-state index in [2.05, 4.69) is 10.6 Å². The Hall–Kier alpha value is -1.55. The number of benzene rings is 1. The Morgan fingerprint density at radius 2 is 2.25 bits per heavy atom. The molecule has 3 rings (SSSR count). The summed E-state index contributed by atoms with van der Waals surface area (Å²) < 4.78 is 5.62. The fourth-order valence-corrected chi connectivity index (χ4v) is 3.05. The highest BCUT2D eigenvalue weighted by atomic mass is 16.5. The Kier molecular flexibility index (Phi) is 4.21. The molecule has 4 nitrogen and oxygen atoms in total. The second kappa shape index (κ2) is 6.27. The molecule has 1 aromatic carbocycles. The van der Waals surface area contributed by atoms with Crippen LogP contribution in [-0.2, 0) is 4.79 Å². The Bertz CT molecular complexity index is 469. The van der Waals surface area contributed by atoms with E-state index in [1.165, 1.54) is 6.42 Å². The molecule has 20 heavy (non-hydrogen) atoms. The van der Waals surface area contributed by atoms with E-state index < -0.39 is 0 Å². The summed E-state index contributed by atoms with van der Waals surface area (Å²) >= 11 is 0. The van der Waals surface area contributed by atoms with Gasteiger partial charge in [0.15, 0.2) is 0 Å². The van der Waals surface area contributed by atoms with Crippen LogP contribution in [0.25, 0.3) is 0 Å². The minimum absolute atomic E-state index is 0.106. The summed E-state index contributed by atoms with van der Waals surface area (Å²) in [6.07, 6.45) is 3.68. The van der Waals surface area contributed by atoms with Crippen molar-refractivity contribution in [3.8, 4) is 5.75 Å². The van der Waals surface area contributed by atoms with Crippen molar-refractivity contribution < 1.29 is 9.53 Å². The molecule has 1 aromatic rings. The second-order valence-electron chi connectivity index (χ2n) is 5.69. The molecule has 2 heterocycles. The molecule has 0 radical (unpaired) electrons. The highest BCUT2D eigenvalue weighted by Gasteiger charge is 2.23. The summed E-state index contributed by atoms with van der Waals surface area (Å²) in [6.45, 7) is 2.83. The highest BCUT2D eigenvalue weighted by Crippen LogP contribution is 2.31. The van der Waals surface area contributed by atoms with Gasteiger partial charge in [-0.05, 0) is 37.9 Å². The second-order valence-corrected chi connectivity index (χ2v) is 5.69. The van der Waals surface area contributed by atoms with Crippen molar-refractivity contribution in [2.45, 2.75) is 31.7 Å². The van der Waals surface area contributed by atoms with E-state index in [0.717, 1.165) is 37.2 Å². The third-order valence-electron chi connectivity index (χ3n) is 4.24. The van der Waals surface area contributed by atoms with Crippen molar-refractivity contribution in [1.82, 2.24) is 10.6 Å². The van der Waals surface area contributed by atoms with E-state index in [1.807, 2.05) is 24.3 Å². The SMILES string of the molecule is O=C(CCC1CCNC1)NC1CCOc2ccccc21. The smallest absolute Gasteiger partial charge is 0.220 e. The van der Waals surface area contributed by atoms with Crippen molar-refractivity contribution in [1.29, 1.82) is 0 Å². The summed E-state index contributed by atoms with van der Waals surface area (Å²) in [5.74, 6) is 1.74. The molecular weight excluding hydrogens is 252 g/mol. The Morgan fingerprint density at radius 1 is 1.35 bits per heavy atom. The van der Waals surface area contributed by atoms with E-state index in [4.69, 9.17) is 4.74 Å². The first kappa shape index (κ1) is 13.4. The highest BCUT2D eigenvalue weighted by molar-refractivity contribution is 5.76. The van der Waals surface area contributed by atoms with Gasteiger partial charge in [0.25, 0.3) is 0 Å². The third kappa shape index (κ3) is 3.12. The number of hydrogen-bond acceptors (Lipinski definition) is 3. The molecule has 0 saturated carbocycles. The van der Waals surface area contributed by atoms with Crippen LogP contribution in [0.5, 0.6) is 5.75 Å². The van der Waals surface area contributed by atoms with Gasteiger partial charge in [0.05, 0.1) is 12.6 Å². The molecule has 108 valence electrons. The lowest BCUT2D eigenvalue weighted by Crippen LogP contribution is -2.32. The monoisotopic (exact) mass is 274 g/mol. The van der Waals surface area contributed by atoms with Gasteiger partial charge in [-0.1, -0.05) is 18.2 Å². The number of carbonyl (C=O) groups is 1. The lowest BCUT2D eigenvalue weighted by Gasteiger charge is -2.26. The lowest BCUT2D eigenvalue weighted by molar-refractivity contribution is -0.122. The summed E-state index contributed by atoms with van der Waals surface area (Å²) in [6, 6.07) is 8.08. The molecular formula is C16H22N2O2. The molecule has 2 aliphatic heterocycles. The van der Waals surface area contributed by atoms with Crippen molar-refractivity contribution in [3.05, 3.63) is 29.8 Å². The summed E-state index contributed by atoms with van der Waals surface area (Å²) in [4.78, 5) is 12.1. The number of carbonyl (C=O) groups excluding carboxylic acids is 1. The summed E-state index contributed by atoms with van der Waals surface area (Å²) in [7, 11) is 0. The van der Waals surface area contributed by atoms with Crippen LogP contribution in [0.4, 0.5) is 0 Å². The fraction of sp³-hybridized carbons (Fsp3) is 0.562. The number of nitrogens with one attached hydrogen (secondary N) is 2. The number of rotatable bonds is 4. The standard InChI is InChI=1S/C16H22N2O2/c19-16(6-5-12-7-9-17-11-12)18-14-8-10-20-15-4-2-1-3-13(14)15/h1-4,12,14,17H,5-11H2,(H,18,19). The van der Waals surface area contributed by atoms with E-state index in [1.54, 1.807) is 0 Å². The van der Waals surface area contributed by atoms with Crippen molar-refractivity contribution in [2.24, 2.45) is 5.92 Å². The molecule has 0 spiro atoms. The Morgan fingerprint density at radius 3 is 3.10 bits per heavy atom. The van der Waals surface area contributed by atoms with Crippen LogP contribution in [0.1, 0.15) is 37.3 Å². The summed E-state index contributed by atoms with van der Waals surface area (Å²) in [5, 5.41) is 6.50. The van der Waals surface area contributed by atoms with Gasteiger partial charge >= 0.3 is 0 Å². The normalized spacial score (nSPS) is 24.8. The quantitative estimate of drug-likeness (QED) is 0.883. The molecule has 2 aliphatic rings. The molecule has 0 bridgehead atoms. The molecule has 0 aromatic heterocycles. The lowest BCUT2D eigenvalue weighted by atomic mass is 9.99. The molecule has 4 heteroatoms. The van der Waals surface area contributed by atoms with Crippen LogP contribution in [0, 0.1) is 5.92 Å². The fourth-order valence-electron chi connectivity index (χ4n) is 3.05. The predicted molar refractivity (Wildman–Crippen MR) is 77.6 cm³/mol. The average Bonchev–Trinajstić information content (AvgIpc) is 2.99. The van der Waals surface area contributed by atoms with Crippen LogP contribution in [0.3, 0.4) is 0 Å². The van der Waals surface area contributed by atoms with Crippen molar-refractivity contribution in [2.75, 3.05) is 19.7 Å². The Labute approximate surface area is 119 Å².